The lowest BCUT2D eigenvalue weighted by Gasteiger charge is -2.18. The van der Waals surface area contributed by atoms with E-state index in [1.54, 1.807) is 11.0 Å². The molecule has 2 rings (SSSR count). The van der Waals surface area contributed by atoms with Gasteiger partial charge in [-0.2, -0.15) is 0 Å². The molecule has 0 spiro atoms. The maximum Gasteiger partial charge on any atom is 0.254 e. The van der Waals surface area contributed by atoms with Crippen molar-refractivity contribution in [3.8, 4) is 0 Å². The first kappa shape index (κ1) is 13.5. The topological polar surface area (TPSA) is 46.3 Å². The number of hydrogen-bond acceptors (Lipinski definition) is 2. The van der Waals surface area contributed by atoms with Gasteiger partial charge in [0.25, 0.3) is 5.91 Å². The summed E-state index contributed by atoms with van der Waals surface area (Å²) < 4.78 is 13.8. The van der Waals surface area contributed by atoms with Crippen molar-refractivity contribution in [1.29, 1.82) is 0 Å². The zero-order valence-corrected chi connectivity index (χ0v) is 11.8. The van der Waals surface area contributed by atoms with Gasteiger partial charge in [-0.1, -0.05) is 15.9 Å². The molecule has 1 saturated heterocycles. The second-order valence-corrected chi connectivity index (χ2v) is 5.73. The van der Waals surface area contributed by atoms with Gasteiger partial charge < -0.3 is 10.6 Å². The maximum absolute atomic E-state index is 13.3. The molecule has 0 aromatic heterocycles. The van der Waals surface area contributed by atoms with Crippen molar-refractivity contribution in [2.24, 2.45) is 11.7 Å². The SMILES string of the molecule is CC(N)C1CCN(C(=O)c2cc(F)cc(Br)c2)C1. The molecule has 2 N–H and O–H groups in total. The molecule has 2 atom stereocenters. The van der Waals surface area contributed by atoms with Crippen molar-refractivity contribution in [3.05, 3.63) is 34.1 Å². The molecule has 3 nitrogen and oxygen atoms in total. The number of carbonyl (C=O) groups is 1. The van der Waals surface area contributed by atoms with Crippen molar-refractivity contribution in [2.75, 3.05) is 13.1 Å². The van der Waals surface area contributed by atoms with E-state index in [0.717, 1.165) is 6.42 Å². The predicted molar refractivity (Wildman–Crippen MR) is 71.8 cm³/mol. The van der Waals surface area contributed by atoms with Crippen LogP contribution < -0.4 is 5.73 Å². The molecule has 1 aliphatic heterocycles. The summed E-state index contributed by atoms with van der Waals surface area (Å²) in [6.45, 7) is 3.31. The van der Waals surface area contributed by atoms with Gasteiger partial charge in [0.2, 0.25) is 0 Å². The van der Waals surface area contributed by atoms with E-state index in [9.17, 15) is 9.18 Å². The van der Waals surface area contributed by atoms with E-state index in [0.29, 0.717) is 29.0 Å². The van der Waals surface area contributed by atoms with Crippen LogP contribution in [0.5, 0.6) is 0 Å². The molecule has 0 bridgehead atoms. The monoisotopic (exact) mass is 314 g/mol. The van der Waals surface area contributed by atoms with Gasteiger partial charge in [-0.25, -0.2) is 4.39 Å². The number of likely N-dealkylation sites (tertiary alicyclic amines) is 1. The number of hydrogen-bond donors (Lipinski definition) is 1. The summed E-state index contributed by atoms with van der Waals surface area (Å²) in [6, 6.07) is 4.34. The van der Waals surface area contributed by atoms with Crippen molar-refractivity contribution in [1.82, 2.24) is 4.90 Å². The molecule has 1 fully saturated rings. The minimum atomic E-state index is -0.407. The van der Waals surface area contributed by atoms with Crippen molar-refractivity contribution in [3.63, 3.8) is 0 Å². The first-order chi connectivity index (χ1) is 8.47. The van der Waals surface area contributed by atoms with Gasteiger partial charge in [-0.05, 0) is 37.5 Å². The normalized spacial score (nSPS) is 21.1. The fourth-order valence-corrected chi connectivity index (χ4v) is 2.73. The van der Waals surface area contributed by atoms with Crippen LogP contribution >= 0.6 is 15.9 Å². The molecule has 1 aliphatic rings. The second kappa shape index (κ2) is 5.36. The smallest absolute Gasteiger partial charge is 0.254 e. The van der Waals surface area contributed by atoms with Gasteiger partial charge in [0, 0.05) is 29.2 Å². The zero-order valence-electron chi connectivity index (χ0n) is 10.2. The fourth-order valence-electron chi connectivity index (χ4n) is 2.26. The Labute approximate surface area is 114 Å². The third-order valence-electron chi connectivity index (χ3n) is 3.36. The Morgan fingerprint density at radius 1 is 1.56 bits per heavy atom. The van der Waals surface area contributed by atoms with Gasteiger partial charge in [0.05, 0.1) is 0 Å². The number of carbonyl (C=O) groups excluding carboxylic acids is 1. The highest BCUT2D eigenvalue weighted by Crippen LogP contribution is 2.22. The van der Waals surface area contributed by atoms with E-state index in [1.165, 1.54) is 12.1 Å². The zero-order chi connectivity index (χ0) is 13.3. The van der Waals surface area contributed by atoms with Crippen LogP contribution in [0.4, 0.5) is 4.39 Å². The average molecular weight is 315 g/mol. The Hall–Kier alpha value is -0.940. The number of benzene rings is 1. The summed E-state index contributed by atoms with van der Waals surface area (Å²) in [5, 5.41) is 0. The highest BCUT2D eigenvalue weighted by Gasteiger charge is 2.29. The summed E-state index contributed by atoms with van der Waals surface area (Å²) in [4.78, 5) is 14.0. The molecule has 0 radical (unpaired) electrons. The summed E-state index contributed by atoms with van der Waals surface area (Å²) in [5.74, 6) is -0.194. The summed E-state index contributed by atoms with van der Waals surface area (Å²) in [6.07, 6.45) is 0.917. The lowest BCUT2D eigenvalue weighted by molar-refractivity contribution is 0.0785. The molecule has 5 heteroatoms. The summed E-state index contributed by atoms with van der Waals surface area (Å²) in [5.41, 5.74) is 6.22. The molecular formula is C13H16BrFN2O. The molecule has 1 amide bonds. The lowest BCUT2D eigenvalue weighted by atomic mass is 10.0. The summed E-state index contributed by atoms with van der Waals surface area (Å²) >= 11 is 3.19. The van der Waals surface area contributed by atoms with Gasteiger partial charge >= 0.3 is 0 Å². The second-order valence-electron chi connectivity index (χ2n) is 4.82. The highest BCUT2D eigenvalue weighted by molar-refractivity contribution is 9.10. The molecule has 98 valence electrons. The van der Waals surface area contributed by atoms with E-state index in [4.69, 9.17) is 5.73 Å². The third kappa shape index (κ3) is 2.90. The van der Waals surface area contributed by atoms with Crippen LogP contribution in [0.3, 0.4) is 0 Å². The first-order valence-electron chi connectivity index (χ1n) is 5.98. The Kier molecular flexibility index (Phi) is 4.02. The minimum Gasteiger partial charge on any atom is -0.338 e. The molecule has 0 aliphatic carbocycles. The molecule has 1 aromatic rings. The van der Waals surface area contributed by atoms with Crippen LogP contribution in [-0.4, -0.2) is 29.9 Å². The highest BCUT2D eigenvalue weighted by atomic mass is 79.9. The van der Waals surface area contributed by atoms with E-state index >= 15 is 0 Å². The van der Waals surface area contributed by atoms with E-state index in [2.05, 4.69) is 15.9 Å². The number of amides is 1. The van der Waals surface area contributed by atoms with Crippen LogP contribution in [-0.2, 0) is 0 Å². The van der Waals surface area contributed by atoms with Crippen LogP contribution in [0.25, 0.3) is 0 Å². The van der Waals surface area contributed by atoms with Crippen molar-refractivity contribution < 1.29 is 9.18 Å². The first-order valence-corrected chi connectivity index (χ1v) is 6.77. The van der Waals surface area contributed by atoms with Gasteiger partial charge in [-0.3, -0.25) is 4.79 Å². The van der Waals surface area contributed by atoms with E-state index in [1.807, 2.05) is 6.92 Å². The molecular weight excluding hydrogens is 299 g/mol. The Balaban J connectivity index is 2.12. The van der Waals surface area contributed by atoms with Crippen molar-refractivity contribution in [2.45, 2.75) is 19.4 Å². The predicted octanol–water partition coefficient (Wildman–Crippen LogP) is 2.40. The number of nitrogens with zero attached hydrogens (tertiary/aromatic N) is 1. The largest absolute Gasteiger partial charge is 0.338 e. The van der Waals surface area contributed by atoms with Crippen LogP contribution in [0.2, 0.25) is 0 Å². The number of halogens is 2. The molecule has 0 saturated carbocycles. The van der Waals surface area contributed by atoms with Crippen LogP contribution in [0, 0.1) is 11.7 Å². The molecule has 1 heterocycles. The molecule has 1 aromatic carbocycles. The van der Waals surface area contributed by atoms with Crippen LogP contribution in [0.15, 0.2) is 22.7 Å². The quantitative estimate of drug-likeness (QED) is 0.911. The standard InChI is InChI=1S/C13H16BrFN2O/c1-8(16)9-2-3-17(7-9)13(18)10-4-11(14)6-12(15)5-10/h4-6,8-9H,2-3,7,16H2,1H3. The fraction of sp³-hybridized carbons (Fsp3) is 0.462. The Morgan fingerprint density at radius 3 is 2.83 bits per heavy atom. The lowest BCUT2D eigenvalue weighted by Crippen LogP contribution is -2.33. The van der Waals surface area contributed by atoms with Gasteiger partial charge in [-0.15, -0.1) is 0 Å². The number of rotatable bonds is 2. The van der Waals surface area contributed by atoms with Gasteiger partial charge in [0.1, 0.15) is 5.82 Å². The maximum atomic E-state index is 13.3. The molecule has 2 unspecified atom stereocenters. The minimum absolute atomic E-state index is 0.0852. The molecule has 18 heavy (non-hydrogen) atoms. The van der Waals surface area contributed by atoms with E-state index in [-0.39, 0.29) is 11.9 Å². The third-order valence-corrected chi connectivity index (χ3v) is 3.82. The average Bonchev–Trinajstić information content (AvgIpc) is 2.75. The van der Waals surface area contributed by atoms with E-state index < -0.39 is 5.82 Å². The summed E-state index contributed by atoms with van der Waals surface area (Å²) in [7, 11) is 0. The number of nitrogens with two attached hydrogens (primary N) is 1. The Morgan fingerprint density at radius 2 is 2.28 bits per heavy atom. The Bertz CT molecular complexity index is 444. The van der Waals surface area contributed by atoms with Crippen molar-refractivity contribution >= 4 is 21.8 Å². The van der Waals surface area contributed by atoms with Gasteiger partial charge in [0.15, 0.2) is 0 Å². The van der Waals surface area contributed by atoms with Crippen LogP contribution in [0.1, 0.15) is 23.7 Å².